The summed E-state index contributed by atoms with van der Waals surface area (Å²) in [6.07, 6.45) is 0.728. The lowest BCUT2D eigenvalue weighted by Crippen LogP contribution is -2.31. The topological polar surface area (TPSA) is 45.1 Å². The zero-order valence-corrected chi connectivity index (χ0v) is 9.11. The van der Waals surface area contributed by atoms with Crippen molar-refractivity contribution < 1.29 is 5.11 Å². The fourth-order valence-corrected chi connectivity index (χ4v) is 1.91. The number of aromatic nitrogens is 1. The lowest BCUT2D eigenvalue weighted by molar-refractivity contribution is 0.261. The molecule has 3 nitrogen and oxygen atoms in total. The number of nitrogens with zero attached hydrogens (tertiary/aromatic N) is 1. The molecule has 0 saturated carbocycles. The summed E-state index contributed by atoms with van der Waals surface area (Å²) in [5.41, 5.74) is 0.950. The monoisotopic (exact) mass is 200 g/mol. The van der Waals surface area contributed by atoms with Crippen LogP contribution >= 0.6 is 11.3 Å². The van der Waals surface area contributed by atoms with Crippen LogP contribution in [0.3, 0.4) is 0 Å². The van der Waals surface area contributed by atoms with Gasteiger partial charge in [0.15, 0.2) is 5.13 Å². The molecule has 74 valence electrons. The minimum absolute atomic E-state index is 0.0843. The second kappa shape index (κ2) is 4.07. The molecule has 0 fully saturated rings. The molecule has 2 N–H and O–H groups in total. The van der Waals surface area contributed by atoms with Gasteiger partial charge in [0.25, 0.3) is 0 Å². The van der Waals surface area contributed by atoms with Gasteiger partial charge >= 0.3 is 0 Å². The Labute approximate surface area is 82.8 Å². The zero-order valence-electron chi connectivity index (χ0n) is 8.29. The molecule has 0 spiro atoms. The van der Waals surface area contributed by atoms with E-state index in [-0.39, 0.29) is 12.1 Å². The van der Waals surface area contributed by atoms with Crippen LogP contribution in [0.4, 0.5) is 5.13 Å². The molecule has 1 aromatic heterocycles. The Hall–Kier alpha value is -0.610. The van der Waals surface area contributed by atoms with Crippen molar-refractivity contribution in [3.8, 4) is 0 Å². The van der Waals surface area contributed by atoms with Crippen molar-refractivity contribution in [3.05, 3.63) is 11.1 Å². The van der Waals surface area contributed by atoms with Gasteiger partial charge in [-0.25, -0.2) is 4.98 Å². The maximum atomic E-state index is 8.83. The molecule has 0 aliphatic rings. The quantitative estimate of drug-likeness (QED) is 0.781. The molecule has 0 aliphatic heterocycles. The third kappa shape index (κ3) is 3.32. The Balaban J connectivity index is 2.57. The van der Waals surface area contributed by atoms with Crippen molar-refractivity contribution in [2.24, 2.45) is 0 Å². The third-order valence-electron chi connectivity index (χ3n) is 1.80. The van der Waals surface area contributed by atoms with Crippen LogP contribution in [-0.2, 0) is 0 Å². The smallest absolute Gasteiger partial charge is 0.183 e. The first-order chi connectivity index (χ1) is 6.03. The van der Waals surface area contributed by atoms with E-state index >= 15 is 0 Å². The number of aliphatic hydroxyl groups is 1. The van der Waals surface area contributed by atoms with Gasteiger partial charge in [0.05, 0.1) is 5.69 Å². The number of hydrogen-bond donors (Lipinski definition) is 2. The van der Waals surface area contributed by atoms with Crippen LogP contribution in [0.2, 0.25) is 0 Å². The third-order valence-corrected chi connectivity index (χ3v) is 2.68. The van der Waals surface area contributed by atoms with E-state index in [1.54, 1.807) is 11.3 Å². The highest BCUT2D eigenvalue weighted by Gasteiger charge is 2.17. The summed E-state index contributed by atoms with van der Waals surface area (Å²) < 4.78 is 0. The molecule has 0 saturated heterocycles. The van der Waals surface area contributed by atoms with Gasteiger partial charge in [-0.15, -0.1) is 11.3 Å². The summed E-state index contributed by atoms with van der Waals surface area (Å²) in [7, 11) is 0. The highest BCUT2D eigenvalue weighted by atomic mass is 32.1. The van der Waals surface area contributed by atoms with E-state index in [0.29, 0.717) is 0 Å². The van der Waals surface area contributed by atoms with Crippen molar-refractivity contribution in [2.45, 2.75) is 32.7 Å². The van der Waals surface area contributed by atoms with Gasteiger partial charge in [0.2, 0.25) is 0 Å². The van der Waals surface area contributed by atoms with Crippen LogP contribution < -0.4 is 5.32 Å². The van der Waals surface area contributed by atoms with E-state index in [9.17, 15) is 0 Å². The number of hydrogen-bond acceptors (Lipinski definition) is 4. The number of nitrogens with one attached hydrogen (secondary N) is 1. The second-order valence-electron chi connectivity index (χ2n) is 3.78. The molecule has 1 aromatic rings. The number of aryl methyl sites for hydroxylation is 1. The summed E-state index contributed by atoms with van der Waals surface area (Å²) in [5.74, 6) is 0. The molecule has 0 radical (unpaired) electrons. The summed E-state index contributed by atoms with van der Waals surface area (Å²) in [6.45, 7) is 6.28. The largest absolute Gasteiger partial charge is 0.396 e. The summed E-state index contributed by atoms with van der Waals surface area (Å²) in [6, 6.07) is 0. The van der Waals surface area contributed by atoms with E-state index in [2.05, 4.69) is 24.1 Å². The predicted octanol–water partition coefficient (Wildman–Crippen LogP) is 2.02. The highest BCUT2D eigenvalue weighted by Crippen LogP contribution is 2.21. The summed E-state index contributed by atoms with van der Waals surface area (Å²) in [4.78, 5) is 4.30. The fraction of sp³-hybridized carbons (Fsp3) is 0.667. The maximum Gasteiger partial charge on any atom is 0.183 e. The Morgan fingerprint density at radius 1 is 1.62 bits per heavy atom. The lowest BCUT2D eigenvalue weighted by Gasteiger charge is -2.24. The Morgan fingerprint density at radius 3 is 2.77 bits per heavy atom. The predicted molar refractivity (Wildman–Crippen MR) is 56.3 cm³/mol. The molecule has 0 bridgehead atoms. The molecule has 0 unspecified atom stereocenters. The van der Waals surface area contributed by atoms with E-state index in [0.717, 1.165) is 17.2 Å². The summed E-state index contributed by atoms with van der Waals surface area (Å²) >= 11 is 1.60. The second-order valence-corrected chi connectivity index (χ2v) is 4.63. The molecule has 13 heavy (non-hydrogen) atoms. The van der Waals surface area contributed by atoms with Gasteiger partial charge in [-0.05, 0) is 27.2 Å². The molecule has 4 heteroatoms. The van der Waals surface area contributed by atoms with Crippen LogP contribution in [0.1, 0.15) is 26.0 Å². The van der Waals surface area contributed by atoms with Gasteiger partial charge in [-0.1, -0.05) is 0 Å². The summed E-state index contributed by atoms with van der Waals surface area (Å²) in [5, 5.41) is 15.1. The minimum Gasteiger partial charge on any atom is -0.396 e. The van der Waals surface area contributed by atoms with E-state index in [4.69, 9.17) is 5.11 Å². The fourth-order valence-electron chi connectivity index (χ4n) is 1.04. The first-order valence-electron chi connectivity index (χ1n) is 4.35. The molecule has 0 atom stereocenters. The van der Waals surface area contributed by atoms with Crippen LogP contribution in [0, 0.1) is 6.92 Å². The van der Waals surface area contributed by atoms with Gasteiger partial charge in [-0.2, -0.15) is 0 Å². The van der Waals surface area contributed by atoms with E-state index < -0.39 is 0 Å². The van der Waals surface area contributed by atoms with Crippen LogP contribution in [0.15, 0.2) is 5.38 Å². The van der Waals surface area contributed by atoms with Crippen molar-refractivity contribution in [1.29, 1.82) is 0 Å². The normalized spacial score (nSPS) is 11.7. The van der Waals surface area contributed by atoms with Gasteiger partial charge in [0, 0.05) is 17.5 Å². The van der Waals surface area contributed by atoms with Gasteiger partial charge in [0.1, 0.15) is 0 Å². The lowest BCUT2D eigenvalue weighted by atomic mass is 10.0. The molecule has 1 rings (SSSR count). The number of aliphatic hydroxyl groups excluding tert-OH is 1. The first-order valence-corrected chi connectivity index (χ1v) is 5.23. The Morgan fingerprint density at radius 2 is 2.31 bits per heavy atom. The minimum atomic E-state index is -0.0843. The Bertz CT molecular complexity index is 270. The maximum absolute atomic E-state index is 8.83. The van der Waals surface area contributed by atoms with Crippen LogP contribution in [0.25, 0.3) is 0 Å². The van der Waals surface area contributed by atoms with E-state index in [1.165, 1.54) is 0 Å². The van der Waals surface area contributed by atoms with Crippen molar-refractivity contribution in [1.82, 2.24) is 4.98 Å². The standard InChI is InChI=1S/C9H16N2OS/c1-7-6-13-8(10-7)11-9(2,3)4-5-12/h6,12H,4-5H2,1-3H3,(H,10,11). The zero-order chi connectivity index (χ0) is 9.90. The van der Waals surface area contributed by atoms with Crippen molar-refractivity contribution >= 4 is 16.5 Å². The molecule has 0 amide bonds. The van der Waals surface area contributed by atoms with Crippen molar-refractivity contribution in [2.75, 3.05) is 11.9 Å². The van der Waals surface area contributed by atoms with Crippen LogP contribution in [0.5, 0.6) is 0 Å². The van der Waals surface area contributed by atoms with Crippen molar-refractivity contribution in [3.63, 3.8) is 0 Å². The average molecular weight is 200 g/mol. The average Bonchev–Trinajstić information content (AvgIpc) is 2.34. The first kappa shape index (κ1) is 10.5. The van der Waals surface area contributed by atoms with E-state index in [1.807, 2.05) is 12.3 Å². The molecule has 0 aliphatic carbocycles. The van der Waals surface area contributed by atoms with Gasteiger partial charge in [-0.3, -0.25) is 0 Å². The highest BCUT2D eigenvalue weighted by molar-refractivity contribution is 7.13. The van der Waals surface area contributed by atoms with Gasteiger partial charge < -0.3 is 10.4 Å². The SMILES string of the molecule is Cc1csc(NC(C)(C)CCO)n1. The number of thiazole rings is 1. The molecule has 1 heterocycles. The Kier molecular flexibility index (Phi) is 3.27. The number of rotatable bonds is 4. The molecular weight excluding hydrogens is 184 g/mol. The molecule has 0 aromatic carbocycles. The van der Waals surface area contributed by atoms with Crippen LogP contribution in [-0.4, -0.2) is 22.2 Å². The molecular formula is C9H16N2OS. The number of anilines is 1.